The Bertz CT molecular complexity index is 758. The monoisotopic (exact) mass is 369 g/mol. The minimum atomic E-state index is 0.0488. The van der Waals surface area contributed by atoms with Gasteiger partial charge in [0.05, 0.1) is 20.8 Å². The number of benzene rings is 2. The fraction of sp³-hybridized carbons (Fsp3) is 0.381. The quantitative estimate of drug-likeness (QED) is 0.810. The number of rotatable bonds is 7. The number of nitrogens with one attached hydrogen (secondary N) is 1. The van der Waals surface area contributed by atoms with Crippen molar-refractivity contribution in [3.8, 4) is 11.5 Å². The van der Waals surface area contributed by atoms with Gasteiger partial charge in [0, 0.05) is 44.5 Å². The van der Waals surface area contributed by atoms with Gasteiger partial charge in [-0.2, -0.15) is 0 Å². The van der Waals surface area contributed by atoms with Gasteiger partial charge in [0.2, 0.25) is 5.91 Å². The third kappa shape index (κ3) is 5.37. The van der Waals surface area contributed by atoms with Gasteiger partial charge in [-0.1, -0.05) is 18.2 Å². The summed E-state index contributed by atoms with van der Waals surface area (Å²) in [6, 6.07) is 15.8. The Hall–Kier alpha value is -2.73. The maximum absolute atomic E-state index is 12.3. The number of amides is 1. The van der Waals surface area contributed by atoms with Crippen molar-refractivity contribution in [2.75, 3.05) is 51.8 Å². The molecule has 1 aliphatic rings. The summed E-state index contributed by atoms with van der Waals surface area (Å²) in [5.74, 6) is 1.72. The lowest BCUT2D eigenvalue weighted by atomic mass is 10.2. The average molecular weight is 369 g/mol. The number of nitrogens with zero attached hydrogens (tertiary/aromatic N) is 2. The van der Waals surface area contributed by atoms with Crippen LogP contribution in [-0.4, -0.2) is 57.8 Å². The predicted octanol–water partition coefficient (Wildman–Crippen LogP) is 2.14. The largest absolute Gasteiger partial charge is 0.497 e. The van der Waals surface area contributed by atoms with E-state index < -0.39 is 0 Å². The summed E-state index contributed by atoms with van der Waals surface area (Å²) in [6.45, 7) is 4.47. The molecule has 1 N–H and O–H groups in total. The average Bonchev–Trinajstić information content (AvgIpc) is 2.73. The minimum Gasteiger partial charge on any atom is -0.497 e. The highest BCUT2D eigenvalue weighted by Gasteiger charge is 2.19. The number of hydrogen-bond donors (Lipinski definition) is 1. The molecule has 2 aromatic rings. The summed E-state index contributed by atoms with van der Waals surface area (Å²) < 4.78 is 10.5. The molecule has 6 nitrogen and oxygen atoms in total. The number of hydrogen-bond acceptors (Lipinski definition) is 5. The van der Waals surface area contributed by atoms with Crippen molar-refractivity contribution in [2.24, 2.45) is 0 Å². The molecule has 0 aliphatic carbocycles. The van der Waals surface area contributed by atoms with Crippen LogP contribution in [0.15, 0.2) is 48.5 Å². The molecule has 27 heavy (non-hydrogen) atoms. The van der Waals surface area contributed by atoms with E-state index >= 15 is 0 Å². The standard InChI is InChI=1S/C21H27N3O3/c1-26-19-7-3-5-17(13-19)15-22-21(25)16-23-9-11-24(12-10-23)18-6-4-8-20(14-18)27-2/h3-8,13-14H,9-12,15-16H2,1-2H3,(H,22,25). The second kappa shape index (κ2) is 9.28. The van der Waals surface area contributed by atoms with Crippen molar-refractivity contribution in [1.29, 1.82) is 0 Å². The zero-order valence-corrected chi connectivity index (χ0v) is 16.0. The van der Waals surface area contributed by atoms with Crippen LogP contribution in [0.25, 0.3) is 0 Å². The van der Waals surface area contributed by atoms with Gasteiger partial charge in [-0.15, -0.1) is 0 Å². The van der Waals surface area contributed by atoms with E-state index in [-0.39, 0.29) is 5.91 Å². The molecule has 1 saturated heterocycles. The van der Waals surface area contributed by atoms with Crippen LogP contribution in [0.2, 0.25) is 0 Å². The summed E-state index contributed by atoms with van der Waals surface area (Å²) in [5.41, 5.74) is 2.20. The number of anilines is 1. The normalized spacial score (nSPS) is 14.7. The summed E-state index contributed by atoms with van der Waals surface area (Å²) in [6.07, 6.45) is 0. The summed E-state index contributed by atoms with van der Waals surface area (Å²) in [5, 5.41) is 2.99. The number of ether oxygens (including phenoxy) is 2. The van der Waals surface area contributed by atoms with Crippen LogP contribution >= 0.6 is 0 Å². The zero-order valence-electron chi connectivity index (χ0n) is 16.0. The molecule has 6 heteroatoms. The third-order valence-electron chi connectivity index (χ3n) is 4.78. The Morgan fingerprint density at radius 2 is 1.63 bits per heavy atom. The maximum atomic E-state index is 12.3. The van der Waals surface area contributed by atoms with Crippen molar-refractivity contribution >= 4 is 11.6 Å². The van der Waals surface area contributed by atoms with Gasteiger partial charge in [-0.25, -0.2) is 0 Å². The van der Waals surface area contributed by atoms with Crippen LogP contribution in [-0.2, 0) is 11.3 Å². The minimum absolute atomic E-state index is 0.0488. The summed E-state index contributed by atoms with van der Waals surface area (Å²) in [4.78, 5) is 16.8. The van der Waals surface area contributed by atoms with Gasteiger partial charge in [-0.3, -0.25) is 9.69 Å². The van der Waals surface area contributed by atoms with Gasteiger partial charge in [0.1, 0.15) is 11.5 Å². The number of piperazine rings is 1. The highest BCUT2D eigenvalue weighted by molar-refractivity contribution is 5.78. The van der Waals surface area contributed by atoms with Gasteiger partial charge in [0.25, 0.3) is 0 Å². The van der Waals surface area contributed by atoms with Gasteiger partial charge in [-0.05, 0) is 29.8 Å². The Morgan fingerprint density at radius 3 is 2.33 bits per heavy atom. The Kier molecular flexibility index (Phi) is 6.54. The molecule has 1 fully saturated rings. The van der Waals surface area contributed by atoms with Crippen LogP contribution in [0.4, 0.5) is 5.69 Å². The lowest BCUT2D eigenvalue weighted by molar-refractivity contribution is -0.122. The Labute approximate surface area is 160 Å². The number of carbonyl (C=O) groups excluding carboxylic acids is 1. The van der Waals surface area contributed by atoms with Gasteiger partial charge in [0.15, 0.2) is 0 Å². The van der Waals surface area contributed by atoms with E-state index in [1.54, 1.807) is 14.2 Å². The van der Waals surface area contributed by atoms with Crippen molar-refractivity contribution < 1.29 is 14.3 Å². The van der Waals surface area contributed by atoms with Crippen molar-refractivity contribution in [3.63, 3.8) is 0 Å². The third-order valence-corrected chi connectivity index (χ3v) is 4.78. The first-order valence-electron chi connectivity index (χ1n) is 9.19. The van der Waals surface area contributed by atoms with E-state index in [4.69, 9.17) is 9.47 Å². The highest BCUT2D eigenvalue weighted by atomic mass is 16.5. The summed E-state index contributed by atoms with van der Waals surface area (Å²) in [7, 11) is 3.32. The van der Waals surface area contributed by atoms with Crippen molar-refractivity contribution in [3.05, 3.63) is 54.1 Å². The van der Waals surface area contributed by atoms with E-state index in [1.807, 2.05) is 36.4 Å². The molecule has 0 saturated carbocycles. The molecule has 144 valence electrons. The second-order valence-electron chi connectivity index (χ2n) is 6.59. The van der Waals surface area contributed by atoms with E-state index in [0.29, 0.717) is 13.1 Å². The molecule has 0 radical (unpaired) electrons. The molecule has 0 spiro atoms. The first-order valence-corrected chi connectivity index (χ1v) is 9.19. The van der Waals surface area contributed by atoms with Crippen LogP contribution in [0, 0.1) is 0 Å². The van der Waals surface area contributed by atoms with Crippen LogP contribution in [0.3, 0.4) is 0 Å². The molecule has 0 aromatic heterocycles. The van der Waals surface area contributed by atoms with Crippen LogP contribution < -0.4 is 19.7 Å². The molecule has 1 heterocycles. The Morgan fingerprint density at radius 1 is 0.963 bits per heavy atom. The van der Waals surface area contributed by atoms with E-state index in [1.165, 1.54) is 0 Å². The molecular weight excluding hydrogens is 342 g/mol. The zero-order chi connectivity index (χ0) is 19.1. The second-order valence-corrected chi connectivity index (χ2v) is 6.59. The topological polar surface area (TPSA) is 54.0 Å². The molecule has 0 unspecified atom stereocenters. The maximum Gasteiger partial charge on any atom is 0.234 e. The molecule has 1 amide bonds. The Balaban J connectivity index is 1.43. The lowest BCUT2D eigenvalue weighted by Crippen LogP contribution is -2.49. The van der Waals surface area contributed by atoms with E-state index in [0.717, 1.165) is 48.9 Å². The van der Waals surface area contributed by atoms with Gasteiger partial charge >= 0.3 is 0 Å². The van der Waals surface area contributed by atoms with E-state index in [2.05, 4.69) is 27.2 Å². The molecule has 0 bridgehead atoms. The highest BCUT2D eigenvalue weighted by Crippen LogP contribution is 2.22. The molecule has 0 atom stereocenters. The predicted molar refractivity (Wildman–Crippen MR) is 106 cm³/mol. The van der Waals surface area contributed by atoms with Crippen LogP contribution in [0.1, 0.15) is 5.56 Å². The van der Waals surface area contributed by atoms with Crippen LogP contribution in [0.5, 0.6) is 11.5 Å². The van der Waals surface area contributed by atoms with Crippen molar-refractivity contribution in [1.82, 2.24) is 10.2 Å². The smallest absolute Gasteiger partial charge is 0.234 e. The fourth-order valence-electron chi connectivity index (χ4n) is 3.21. The molecular formula is C21H27N3O3. The van der Waals surface area contributed by atoms with Gasteiger partial charge < -0.3 is 19.7 Å². The van der Waals surface area contributed by atoms with E-state index in [9.17, 15) is 4.79 Å². The molecule has 3 rings (SSSR count). The first kappa shape index (κ1) is 19.0. The lowest BCUT2D eigenvalue weighted by Gasteiger charge is -2.35. The number of methoxy groups -OCH3 is 2. The fourth-order valence-corrected chi connectivity index (χ4v) is 3.21. The molecule has 2 aromatic carbocycles. The first-order chi connectivity index (χ1) is 13.2. The number of carbonyl (C=O) groups is 1. The van der Waals surface area contributed by atoms with Crippen molar-refractivity contribution in [2.45, 2.75) is 6.54 Å². The SMILES string of the molecule is COc1cccc(CNC(=O)CN2CCN(c3cccc(OC)c3)CC2)c1. The molecule has 1 aliphatic heterocycles. The summed E-state index contributed by atoms with van der Waals surface area (Å²) >= 11 is 0.